The van der Waals surface area contributed by atoms with Crippen molar-refractivity contribution in [2.75, 3.05) is 24.5 Å². The third-order valence-electron chi connectivity index (χ3n) is 6.08. The number of nitrogens with two attached hydrogens (primary N) is 1. The molecule has 0 aliphatic carbocycles. The van der Waals surface area contributed by atoms with Gasteiger partial charge in [-0.15, -0.1) is 0 Å². The Balaban J connectivity index is 1.71. The average molecular weight is 442 g/mol. The van der Waals surface area contributed by atoms with Crippen LogP contribution < -0.4 is 16.0 Å². The summed E-state index contributed by atoms with van der Waals surface area (Å²) in [6, 6.07) is 5.96. The van der Waals surface area contributed by atoms with Crippen LogP contribution in [0.25, 0.3) is 21.8 Å². The van der Waals surface area contributed by atoms with Gasteiger partial charge >= 0.3 is 0 Å². The summed E-state index contributed by atoms with van der Waals surface area (Å²) in [6.07, 6.45) is 4.23. The van der Waals surface area contributed by atoms with Crippen LogP contribution in [0.1, 0.15) is 29.6 Å². The number of amides is 2. The van der Waals surface area contributed by atoms with Gasteiger partial charge in [0.15, 0.2) is 0 Å². The van der Waals surface area contributed by atoms with Crippen LogP contribution in [-0.2, 0) is 4.79 Å². The van der Waals surface area contributed by atoms with Gasteiger partial charge in [0.25, 0.3) is 5.91 Å². The van der Waals surface area contributed by atoms with Gasteiger partial charge in [-0.25, -0.2) is 4.98 Å². The van der Waals surface area contributed by atoms with E-state index < -0.39 is 5.91 Å². The van der Waals surface area contributed by atoms with E-state index in [1.807, 2.05) is 18.2 Å². The summed E-state index contributed by atoms with van der Waals surface area (Å²) in [5, 5.41) is 4.85. The molecule has 2 saturated heterocycles. The van der Waals surface area contributed by atoms with Crippen LogP contribution in [0.4, 0.5) is 5.82 Å². The molecule has 4 N–H and O–H groups in total. The lowest BCUT2D eigenvalue weighted by molar-refractivity contribution is -0.128. The Kier molecular flexibility index (Phi) is 3.87. The summed E-state index contributed by atoms with van der Waals surface area (Å²) in [5.41, 5.74) is 7.23. The lowest BCUT2D eigenvalue weighted by Crippen LogP contribution is -2.47. The fourth-order valence-corrected chi connectivity index (χ4v) is 5.06. The summed E-state index contributed by atoms with van der Waals surface area (Å²) in [5.74, 6) is 0.428. The zero-order chi connectivity index (χ0) is 19.5. The van der Waals surface area contributed by atoms with Crippen molar-refractivity contribution >= 4 is 55.4 Å². The van der Waals surface area contributed by atoms with Gasteiger partial charge in [-0.2, -0.15) is 0 Å². The number of carbonyl (C=O) groups excluding carboxylic acids is 2. The summed E-state index contributed by atoms with van der Waals surface area (Å²) in [7, 11) is 0. The molecule has 2 fully saturated rings. The number of anilines is 1. The van der Waals surface area contributed by atoms with Gasteiger partial charge < -0.3 is 20.9 Å². The third kappa shape index (κ3) is 2.51. The monoisotopic (exact) mass is 441 g/mol. The number of rotatable bonds is 2. The molecule has 0 saturated carbocycles. The number of primary amides is 1. The van der Waals surface area contributed by atoms with Crippen LogP contribution >= 0.6 is 15.9 Å². The summed E-state index contributed by atoms with van der Waals surface area (Å²) in [6.45, 7) is 2.20. The Hall–Kier alpha value is -2.61. The van der Waals surface area contributed by atoms with Crippen LogP contribution in [0.2, 0.25) is 0 Å². The predicted molar refractivity (Wildman–Crippen MR) is 111 cm³/mol. The molecule has 1 spiro atoms. The van der Waals surface area contributed by atoms with E-state index in [0.29, 0.717) is 17.6 Å². The van der Waals surface area contributed by atoms with Crippen LogP contribution in [-0.4, -0.2) is 41.4 Å². The Bertz CT molecular complexity index is 1140. The number of benzene rings is 1. The van der Waals surface area contributed by atoms with Crippen molar-refractivity contribution < 1.29 is 9.59 Å². The number of nitrogens with one attached hydrogen (secondary N) is 2. The minimum atomic E-state index is -0.514. The van der Waals surface area contributed by atoms with Crippen LogP contribution in [0.3, 0.4) is 0 Å². The third-order valence-corrected chi connectivity index (χ3v) is 6.58. The first-order chi connectivity index (χ1) is 13.5. The molecule has 2 aromatic heterocycles. The molecule has 7 nitrogen and oxygen atoms in total. The highest BCUT2D eigenvalue weighted by molar-refractivity contribution is 9.10. The topological polar surface area (TPSA) is 104 Å². The minimum Gasteiger partial charge on any atom is -0.365 e. The zero-order valence-corrected chi connectivity index (χ0v) is 16.8. The minimum absolute atomic E-state index is 0.144. The van der Waals surface area contributed by atoms with E-state index in [1.165, 1.54) is 0 Å². The van der Waals surface area contributed by atoms with Crippen molar-refractivity contribution in [1.29, 1.82) is 0 Å². The number of halogens is 1. The van der Waals surface area contributed by atoms with Crippen LogP contribution in [0, 0.1) is 5.41 Å². The molecule has 2 aliphatic heterocycles. The molecule has 5 rings (SSSR count). The van der Waals surface area contributed by atoms with E-state index >= 15 is 0 Å². The molecule has 0 radical (unpaired) electrons. The van der Waals surface area contributed by atoms with Crippen molar-refractivity contribution in [1.82, 2.24) is 15.3 Å². The van der Waals surface area contributed by atoms with Crippen LogP contribution in [0.15, 0.2) is 28.9 Å². The van der Waals surface area contributed by atoms with Gasteiger partial charge in [-0.1, -0.05) is 22.0 Å². The second-order valence-electron chi connectivity index (χ2n) is 7.74. The Morgan fingerprint density at radius 2 is 2.18 bits per heavy atom. The highest BCUT2D eigenvalue weighted by Crippen LogP contribution is 2.41. The van der Waals surface area contributed by atoms with Gasteiger partial charge in [0.05, 0.1) is 21.9 Å². The quantitative estimate of drug-likeness (QED) is 0.568. The summed E-state index contributed by atoms with van der Waals surface area (Å²) in [4.78, 5) is 34.7. The lowest BCUT2D eigenvalue weighted by atomic mass is 9.78. The SMILES string of the molecule is NC(=O)c1cnc(N2CCCC3(CCNC3=O)C2)c2c1[nH]c1cc(Br)ccc12. The summed E-state index contributed by atoms with van der Waals surface area (Å²) < 4.78 is 0.946. The van der Waals surface area contributed by atoms with Crippen molar-refractivity contribution in [3.63, 3.8) is 0 Å². The molecule has 8 heteroatoms. The molecule has 2 aliphatic rings. The Labute approximate surface area is 169 Å². The molecule has 1 atom stereocenters. The molecule has 1 aromatic carbocycles. The first kappa shape index (κ1) is 17.5. The zero-order valence-electron chi connectivity index (χ0n) is 15.2. The van der Waals surface area contributed by atoms with Gasteiger partial charge in [-0.05, 0) is 31.4 Å². The molecule has 0 bridgehead atoms. The maximum atomic E-state index is 12.5. The first-order valence-corrected chi connectivity index (χ1v) is 10.2. The fourth-order valence-electron chi connectivity index (χ4n) is 4.70. The second-order valence-corrected chi connectivity index (χ2v) is 8.65. The largest absolute Gasteiger partial charge is 0.365 e. The number of aromatic amines is 1. The van der Waals surface area contributed by atoms with Crippen molar-refractivity contribution in [2.24, 2.45) is 11.1 Å². The maximum Gasteiger partial charge on any atom is 0.252 e. The molecule has 3 aromatic rings. The van der Waals surface area contributed by atoms with Crippen molar-refractivity contribution in [3.8, 4) is 0 Å². The number of aromatic nitrogens is 2. The highest BCUT2D eigenvalue weighted by atomic mass is 79.9. The van der Waals surface area contributed by atoms with E-state index in [4.69, 9.17) is 5.73 Å². The Morgan fingerprint density at radius 3 is 2.93 bits per heavy atom. The van der Waals surface area contributed by atoms with E-state index in [0.717, 1.165) is 58.9 Å². The van der Waals surface area contributed by atoms with E-state index in [2.05, 4.69) is 36.1 Å². The number of carbonyl (C=O) groups is 2. The number of hydrogen-bond donors (Lipinski definition) is 3. The fraction of sp³-hybridized carbons (Fsp3) is 0.350. The van der Waals surface area contributed by atoms with Crippen LogP contribution in [0.5, 0.6) is 0 Å². The highest BCUT2D eigenvalue weighted by Gasteiger charge is 2.45. The predicted octanol–water partition coefficient (Wildman–Crippen LogP) is 2.68. The lowest BCUT2D eigenvalue weighted by Gasteiger charge is -2.39. The molecule has 1 unspecified atom stereocenters. The van der Waals surface area contributed by atoms with Gasteiger partial charge in [0, 0.05) is 41.2 Å². The molecule has 4 heterocycles. The number of H-pyrrole nitrogens is 1. The second kappa shape index (κ2) is 6.20. The number of nitrogens with zero attached hydrogens (tertiary/aromatic N) is 2. The van der Waals surface area contributed by atoms with E-state index in [9.17, 15) is 9.59 Å². The van der Waals surface area contributed by atoms with Gasteiger partial charge in [0.1, 0.15) is 5.82 Å². The van der Waals surface area contributed by atoms with Gasteiger partial charge in [0.2, 0.25) is 5.91 Å². The first-order valence-electron chi connectivity index (χ1n) is 9.41. The number of hydrogen-bond acceptors (Lipinski definition) is 4. The van der Waals surface area contributed by atoms with Crippen molar-refractivity contribution in [3.05, 3.63) is 34.4 Å². The standard InChI is InChI=1S/C20H20BrN5O2/c21-11-2-3-12-14(8-11)25-16-13(17(22)27)9-24-18(15(12)16)26-7-1-4-20(10-26)5-6-23-19(20)28/h2-3,8-9,25H,1,4-7,10H2,(H2,22,27)(H,23,28). The number of pyridine rings is 1. The number of fused-ring (bicyclic) bond motifs is 3. The Morgan fingerprint density at radius 1 is 1.32 bits per heavy atom. The molecule has 2 amide bonds. The number of piperidine rings is 1. The molecular formula is C20H20BrN5O2. The molecular weight excluding hydrogens is 422 g/mol. The van der Waals surface area contributed by atoms with Gasteiger partial charge in [-0.3, -0.25) is 9.59 Å². The average Bonchev–Trinajstić information content (AvgIpc) is 3.21. The molecule has 144 valence electrons. The summed E-state index contributed by atoms with van der Waals surface area (Å²) >= 11 is 3.50. The molecule has 28 heavy (non-hydrogen) atoms. The van der Waals surface area contributed by atoms with Crippen molar-refractivity contribution in [2.45, 2.75) is 19.3 Å². The maximum absolute atomic E-state index is 12.5. The van der Waals surface area contributed by atoms with E-state index in [1.54, 1.807) is 6.20 Å². The smallest absolute Gasteiger partial charge is 0.252 e. The van der Waals surface area contributed by atoms with E-state index in [-0.39, 0.29) is 11.3 Å². The normalized spacial score (nSPS) is 22.3.